The number of alkyl halides is 3. The van der Waals surface area contributed by atoms with Crippen LogP contribution in [-0.4, -0.2) is 42.1 Å². The van der Waals surface area contributed by atoms with E-state index in [1.165, 1.54) is 10.7 Å². The number of hydrogen-bond donors (Lipinski definition) is 0. The van der Waals surface area contributed by atoms with Gasteiger partial charge in [-0.05, 0) is 59.2 Å². The molecule has 46 heavy (non-hydrogen) atoms. The van der Waals surface area contributed by atoms with E-state index in [2.05, 4.69) is 0 Å². The third-order valence-corrected chi connectivity index (χ3v) is 9.91. The number of Topliss-reactive ketones (excluding diaryl/α,β-unsaturated/α-hetero) is 2. The Labute approximate surface area is 264 Å². The van der Waals surface area contributed by atoms with Crippen molar-refractivity contribution in [3.05, 3.63) is 118 Å². The van der Waals surface area contributed by atoms with Gasteiger partial charge in [-0.25, -0.2) is 0 Å². The summed E-state index contributed by atoms with van der Waals surface area (Å²) in [6.07, 6.45) is -3.83. The fraction of sp³-hybridized carbons (Fsp3) is 0.237. The largest absolute Gasteiger partial charge is 0.871 e. The fourth-order valence-electron chi connectivity index (χ4n) is 7.87. The molecule has 1 aliphatic carbocycles. The van der Waals surface area contributed by atoms with Crippen molar-refractivity contribution in [3.8, 4) is 0 Å². The second-order valence-corrected chi connectivity index (χ2v) is 13.3. The van der Waals surface area contributed by atoms with Crippen molar-refractivity contribution >= 4 is 50.2 Å². The van der Waals surface area contributed by atoms with Crippen molar-refractivity contribution in [2.75, 3.05) is 19.0 Å². The van der Waals surface area contributed by atoms with Crippen molar-refractivity contribution in [2.24, 2.45) is 0 Å². The number of anilines is 1. The molecule has 4 aromatic rings. The average molecular weight is 621 g/mol. The number of likely N-dealkylation sites (N-methyl/N-ethyl adjacent to an activating group) is 1. The van der Waals surface area contributed by atoms with Crippen molar-refractivity contribution < 1.29 is 32.4 Å². The quantitative estimate of drug-likeness (QED) is 0.184. The molecule has 0 spiro atoms. The third-order valence-electron chi connectivity index (χ3n) is 9.91. The first-order chi connectivity index (χ1) is 21.6. The molecule has 0 fully saturated rings. The lowest BCUT2D eigenvalue weighted by Gasteiger charge is -2.34. The van der Waals surface area contributed by atoms with Crippen LogP contribution in [0.3, 0.4) is 0 Å². The molecule has 0 saturated heterocycles. The zero-order chi connectivity index (χ0) is 33.1. The van der Waals surface area contributed by atoms with Crippen molar-refractivity contribution in [1.82, 2.24) is 0 Å². The standard InChI is InChI=1S/C38H31F3N2O3/c1-36(2)27(42(5)25-17-15-20-11-7-9-13-22(20)30(25)36)19-24-32(44)28(33(24)45)29(35(46)38(39,40)41)34-37(3,4)31-23-14-10-8-12-21(23)16-18-26(31)43(34)6/h7-19H,1-6H3. The molecule has 2 heterocycles. The number of carbonyl (C=O) groups is 2. The summed E-state index contributed by atoms with van der Waals surface area (Å²) >= 11 is 0. The molecule has 0 N–H and O–H groups in total. The number of nitrogens with zero attached hydrogens (tertiary/aromatic N) is 2. The van der Waals surface area contributed by atoms with Crippen LogP contribution in [0.15, 0.2) is 107 Å². The molecule has 7 rings (SSSR count). The number of hydrogen-bond acceptors (Lipinski definition) is 4. The Kier molecular flexibility index (Phi) is 6.15. The van der Waals surface area contributed by atoms with E-state index in [1.54, 1.807) is 27.0 Å². The van der Waals surface area contributed by atoms with E-state index in [-0.39, 0.29) is 11.3 Å². The molecule has 0 aromatic heterocycles. The molecule has 3 aliphatic rings. The Morgan fingerprint density at radius 1 is 0.848 bits per heavy atom. The predicted octanol–water partition coefficient (Wildman–Crippen LogP) is 6.94. The fourth-order valence-corrected chi connectivity index (χ4v) is 7.87. The second-order valence-electron chi connectivity index (χ2n) is 13.3. The Balaban J connectivity index is 1.42. The number of rotatable bonds is 3. The van der Waals surface area contributed by atoms with Crippen LogP contribution >= 0.6 is 0 Å². The molecule has 5 nitrogen and oxygen atoms in total. The number of allylic oxidation sites excluding steroid dienone is 5. The number of ketones is 2. The van der Waals surface area contributed by atoms with Crippen LogP contribution < -0.4 is 10.0 Å². The Hall–Kier alpha value is -4.98. The van der Waals surface area contributed by atoms with Gasteiger partial charge in [0.05, 0.1) is 5.41 Å². The van der Waals surface area contributed by atoms with E-state index in [1.807, 2.05) is 92.5 Å². The summed E-state index contributed by atoms with van der Waals surface area (Å²) < 4.78 is 44.4. The van der Waals surface area contributed by atoms with E-state index in [0.29, 0.717) is 11.4 Å². The lowest BCUT2D eigenvalue weighted by molar-refractivity contribution is -0.402. The molecule has 8 heteroatoms. The first-order valence-electron chi connectivity index (χ1n) is 15.0. The van der Waals surface area contributed by atoms with E-state index in [9.17, 15) is 27.9 Å². The van der Waals surface area contributed by atoms with E-state index in [0.717, 1.165) is 38.4 Å². The van der Waals surface area contributed by atoms with Gasteiger partial charge in [0.15, 0.2) is 5.78 Å². The highest BCUT2D eigenvalue weighted by atomic mass is 19.4. The van der Waals surface area contributed by atoms with Crippen molar-refractivity contribution in [1.29, 1.82) is 0 Å². The molecule has 0 atom stereocenters. The summed E-state index contributed by atoms with van der Waals surface area (Å²) in [6, 6.07) is 23.1. The van der Waals surface area contributed by atoms with Crippen LogP contribution in [0.25, 0.3) is 21.5 Å². The topological polar surface area (TPSA) is 63.4 Å². The van der Waals surface area contributed by atoms with Gasteiger partial charge in [0.1, 0.15) is 12.6 Å². The van der Waals surface area contributed by atoms with Gasteiger partial charge in [-0.3, -0.25) is 9.59 Å². The maximum absolute atomic E-state index is 14.3. The maximum Gasteiger partial charge on any atom is 0.455 e. The van der Waals surface area contributed by atoms with Gasteiger partial charge in [0, 0.05) is 46.6 Å². The minimum Gasteiger partial charge on any atom is -0.871 e. The first kappa shape index (κ1) is 29.7. The summed E-state index contributed by atoms with van der Waals surface area (Å²) in [5.41, 5.74) is 0.283. The lowest BCUT2D eigenvalue weighted by atomic mass is 9.72. The van der Waals surface area contributed by atoms with Gasteiger partial charge in [0.25, 0.3) is 5.78 Å². The highest BCUT2D eigenvalue weighted by Crippen LogP contribution is 2.52. The van der Waals surface area contributed by atoms with Gasteiger partial charge < -0.3 is 10.0 Å². The molecule has 232 valence electrons. The highest BCUT2D eigenvalue weighted by molar-refractivity contribution is 6.35. The summed E-state index contributed by atoms with van der Waals surface area (Å²) in [4.78, 5) is 29.0. The zero-order valence-electron chi connectivity index (χ0n) is 26.3. The van der Waals surface area contributed by atoms with Gasteiger partial charge in [-0.15, -0.1) is 0 Å². The summed E-state index contributed by atoms with van der Waals surface area (Å²) in [5.74, 6) is -3.94. The van der Waals surface area contributed by atoms with Crippen LogP contribution in [0, 0.1) is 0 Å². The first-order valence-corrected chi connectivity index (χ1v) is 15.0. The third kappa shape index (κ3) is 3.85. The maximum atomic E-state index is 14.3. The smallest absolute Gasteiger partial charge is 0.455 e. The number of halogens is 3. The number of benzene rings is 4. The van der Waals surface area contributed by atoms with Gasteiger partial charge in [0.2, 0.25) is 11.4 Å². The SMILES string of the molecule is CN1/C(=C/C2=C([O-])C(=C(\C(=O)C(F)(F)F)C3=[N+](C)c4ccc5ccccc5c4C3(C)C)/C2=O)C(C)(C)c2c1ccc1ccccc21. The monoisotopic (exact) mass is 620 g/mol. The van der Waals surface area contributed by atoms with Crippen molar-refractivity contribution in [2.45, 2.75) is 44.7 Å². The minimum absolute atomic E-state index is 0.0261. The molecule has 0 unspecified atom stereocenters. The second kappa shape index (κ2) is 9.52. The van der Waals surface area contributed by atoms with Crippen LogP contribution in [0.4, 0.5) is 24.5 Å². The Morgan fingerprint density at radius 3 is 2.00 bits per heavy atom. The van der Waals surface area contributed by atoms with Gasteiger partial charge in [-0.1, -0.05) is 74.2 Å². The Morgan fingerprint density at radius 2 is 1.41 bits per heavy atom. The molecule has 0 saturated carbocycles. The van der Waals surface area contributed by atoms with Crippen LogP contribution in [0.1, 0.15) is 38.8 Å². The zero-order valence-corrected chi connectivity index (χ0v) is 26.3. The van der Waals surface area contributed by atoms with Gasteiger partial charge >= 0.3 is 6.18 Å². The van der Waals surface area contributed by atoms with Crippen molar-refractivity contribution in [3.63, 3.8) is 0 Å². The van der Waals surface area contributed by atoms with Crippen LogP contribution in [0.2, 0.25) is 0 Å². The Bertz CT molecular complexity index is 2210. The minimum atomic E-state index is -5.31. The molecule has 2 aliphatic heterocycles. The normalized spacial score (nSPS) is 20.5. The predicted molar refractivity (Wildman–Crippen MR) is 171 cm³/mol. The highest BCUT2D eigenvalue weighted by Gasteiger charge is 2.55. The number of fused-ring (bicyclic) bond motifs is 6. The summed E-state index contributed by atoms with van der Waals surface area (Å²) in [5, 5.41) is 17.6. The lowest BCUT2D eigenvalue weighted by Crippen LogP contribution is -2.43. The molecular formula is C38H31F3N2O3. The average Bonchev–Trinajstić information content (AvgIpc) is 3.34. The molecule has 0 amide bonds. The number of carbonyl (C=O) groups excluding carboxylic acids is 2. The summed E-state index contributed by atoms with van der Waals surface area (Å²) in [7, 11) is 3.41. The van der Waals surface area contributed by atoms with E-state index in [4.69, 9.17) is 0 Å². The molecule has 0 radical (unpaired) electrons. The van der Waals surface area contributed by atoms with E-state index < -0.39 is 45.5 Å². The van der Waals surface area contributed by atoms with Gasteiger partial charge in [-0.2, -0.15) is 17.7 Å². The van der Waals surface area contributed by atoms with E-state index >= 15 is 0 Å². The molecule has 4 aromatic carbocycles. The van der Waals surface area contributed by atoms with Crippen LogP contribution in [0.5, 0.6) is 0 Å². The molecule has 0 bridgehead atoms. The molecular weight excluding hydrogens is 589 g/mol. The summed E-state index contributed by atoms with van der Waals surface area (Å²) in [6.45, 7) is 7.42. The van der Waals surface area contributed by atoms with Crippen LogP contribution in [-0.2, 0) is 20.4 Å².